The minimum absolute atomic E-state index is 0.0880. The SMILES string of the molecule is CCc1c(CC(=O)NC(CCC(=O)O)(CCC(=O)O)CCC(=O)O)c(CC)c(CC(=O)NC(CCC(=O)O)(CCC(=O)O)CCC(=O)O)c(CC)c1CC(=O)NC(CCC(=O)O)(CCC(=O)O)CCC(=O)O. The first kappa shape index (κ1) is 62.9. The van der Waals surface area contributed by atoms with Gasteiger partial charge in [-0.3, -0.25) is 57.5 Å². The molecular formula is C48H69N3O21. The standard InChI is InChI=1S/C48H69N3O21/c1-4-28-31(25-34(52)49-46(16-7-37(55)56,17-8-38(57)58)18-9-39(59)60)29(5-2)33(27-36(54)51-48(22-13-43(67)68,23-14-44(69)70)24-15-45(71)72)30(6-3)32(28)26-35(53)50-47(19-10-40(61)62,20-11-41(63)64)21-12-42(65)66/h4-27H2,1-3H3,(H,49,52)(H,50,53)(H,51,54)(H,55,56)(H,57,58)(H,59,60)(H,61,62)(H,63,64)(H,65,66)(H,67,68)(H,69,70)(H,71,72). The van der Waals surface area contributed by atoms with Crippen LogP contribution in [0, 0.1) is 0 Å². The van der Waals surface area contributed by atoms with Crippen LogP contribution in [-0.2, 0) is 96.1 Å². The summed E-state index contributed by atoms with van der Waals surface area (Å²) in [5.74, 6) is -14.4. The van der Waals surface area contributed by atoms with Crippen molar-refractivity contribution in [1.82, 2.24) is 16.0 Å². The largest absolute Gasteiger partial charge is 0.481 e. The molecule has 0 unspecified atom stereocenters. The molecule has 0 saturated carbocycles. The van der Waals surface area contributed by atoms with Gasteiger partial charge in [-0.15, -0.1) is 0 Å². The van der Waals surface area contributed by atoms with Crippen molar-refractivity contribution >= 4 is 71.4 Å². The summed E-state index contributed by atoms with van der Waals surface area (Å²) in [7, 11) is 0. The number of carboxylic acids is 9. The number of hydrogen-bond donors (Lipinski definition) is 12. The summed E-state index contributed by atoms with van der Waals surface area (Å²) in [6.45, 7) is 5.04. The van der Waals surface area contributed by atoms with Crippen LogP contribution < -0.4 is 16.0 Å². The molecule has 3 amide bonds. The molecule has 1 aromatic carbocycles. The summed E-state index contributed by atoms with van der Waals surface area (Å²) in [5.41, 5.74) is -3.13. The third-order valence-electron chi connectivity index (χ3n) is 12.8. The van der Waals surface area contributed by atoms with Gasteiger partial charge in [0.2, 0.25) is 17.7 Å². The average Bonchev–Trinajstić information content (AvgIpc) is 3.27. The molecule has 402 valence electrons. The Labute approximate surface area is 414 Å². The second-order valence-corrected chi connectivity index (χ2v) is 18.0. The van der Waals surface area contributed by atoms with Gasteiger partial charge in [-0.25, -0.2) is 0 Å². The van der Waals surface area contributed by atoms with Gasteiger partial charge in [-0.05, 0) is 110 Å². The van der Waals surface area contributed by atoms with Gasteiger partial charge in [-0.2, -0.15) is 0 Å². The second-order valence-electron chi connectivity index (χ2n) is 18.0. The van der Waals surface area contributed by atoms with Crippen molar-refractivity contribution < 1.29 is 103 Å². The molecule has 0 aromatic heterocycles. The Hall–Kier alpha value is -7.14. The van der Waals surface area contributed by atoms with E-state index in [0.29, 0.717) is 16.7 Å². The van der Waals surface area contributed by atoms with Gasteiger partial charge in [0.25, 0.3) is 0 Å². The number of nitrogens with one attached hydrogen (secondary N) is 3. The Morgan fingerprint density at radius 2 is 0.417 bits per heavy atom. The molecule has 24 heteroatoms. The lowest BCUT2D eigenvalue weighted by Crippen LogP contribution is -2.50. The van der Waals surface area contributed by atoms with Gasteiger partial charge >= 0.3 is 53.7 Å². The van der Waals surface area contributed by atoms with E-state index in [0.717, 1.165) is 0 Å². The van der Waals surface area contributed by atoms with Crippen molar-refractivity contribution in [3.63, 3.8) is 0 Å². The van der Waals surface area contributed by atoms with E-state index in [1.165, 1.54) is 0 Å². The maximum absolute atomic E-state index is 14.5. The summed E-state index contributed by atoms with van der Waals surface area (Å²) in [6.07, 6.45) is -10.2. The van der Waals surface area contributed by atoms with Gasteiger partial charge in [-0.1, -0.05) is 20.8 Å². The number of benzene rings is 1. The molecule has 0 aliphatic rings. The lowest BCUT2D eigenvalue weighted by Gasteiger charge is -2.36. The Balaban J connectivity index is 4.41. The van der Waals surface area contributed by atoms with E-state index in [4.69, 9.17) is 0 Å². The monoisotopic (exact) mass is 1020 g/mol. The maximum atomic E-state index is 14.5. The first-order valence-corrected chi connectivity index (χ1v) is 23.6. The van der Waals surface area contributed by atoms with E-state index >= 15 is 0 Å². The minimum atomic E-state index is -1.67. The normalized spacial score (nSPS) is 11.5. The van der Waals surface area contributed by atoms with E-state index in [1.807, 2.05) is 0 Å². The van der Waals surface area contributed by atoms with E-state index in [2.05, 4.69) is 16.0 Å². The predicted molar refractivity (Wildman–Crippen MR) is 250 cm³/mol. The zero-order valence-electron chi connectivity index (χ0n) is 40.9. The number of hydrogen-bond acceptors (Lipinski definition) is 12. The number of carboxylic acid groups (broad SMARTS) is 9. The van der Waals surface area contributed by atoms with Gasteiger partial charge in [0, 0.05) is 74.4 Å². The van der Waals surface area contributed by atoms with Crippen LogP contribution in [0.4, 0.5) is 0 Å². The number of rotatable bonds is 39. The molecule has 1 rings (SSSR count). The van der Waals surface area contributed by atoms with Crippen LogP contribution in [0.5, 0.6) is 0 Å². The highest BCUT2D eigenvalue weighted by Gasteiger charge is 2.38. The highest BCUT2D eigenvalue weighted by molar-refractivity contribution is 5.86. The Morgan fingerprint density at radius 3 is 0.528 bits per heavy atom. The minimum Gasteiger partial charge on any atom is -0.481 e. The molecular weight excluding hydrogens is 955 g/mol. The van der Waals surface area contributed by atoms with Crippen molar-refractivity contribution in [2.45, 2.75) is 191 Å². The fraction of sp³-hybridized carbons (Fsp3) is 0.625. The Bertz CT molecular complexity index is 1790. The smallest absolute Gasteiger partial charge is 0.303 e. The fourth-order valence-corrected chi connectivity index (χ4v) is 9.32. The molecule has 0 aliphatic heterocycles. The van der Waals surface area contributed by atoms with Crippen LogP contribution in [0.1, 0.15) is 170 Å². The van der Waals surface area contributed by atoms with Gasteiger partial charge < -0.3 is 61.9 Å². The lowest BCUT2D eigenvalue weighted by atomic mass is 9.78. The summed E-state index contributed by atoms with van der Waals surface area (Å²) < 4.78 is 0. The average molecular weight is 1020 g/mol. The van der Waals surface area contributed by atoms with Crippen LogP contribution in [-0.4, -0.2) is 134 Å². The van der Waals surface area contributed by atoms with E-state index < -0.39 is 165 Å². The van der Waals surface area contributed by atoms with Crippen molar-refractivity contribution in [1.29, 1.82) is 0 Å². The summed E-state index contributed by atoms with van der Waals surface area (Å²) in [5, 5.41) is 94.5. The number of carbonyl (C=O) groups excluding carboxylic acids is 3. The lowest BCUT2D eigenvalue weighted by molar-refractivity contribution is -0.141. The molecule has 1 aromatic rings. The number of aliphatic carboxylic acids is 9. The summed E-state index contributed by atoms with van der Waals surface area (Å²) >= 11 is 0. The quantitative estimate of drug-likeness (QED) is 0.0450. The molecule has 0 radical (unpaired) electrons. The third kappa shape index (κ3) is 22.3. The number of carbonyl (C=O) groups is 12. The van der Waals surface area contributed by atoms with Crippen LogP contribution in [0.25, 0.3) is 0 Å². The molecule has 0 saturated heterocycles. The van der Waals surface area contributed by atoms with Gasteiger partial charge in [0.1, 0.15) is 0 Å². The predicted octanol–water partition coefficient (Wildman–Crippen LogP) is 3.35. The molecule has 0 fully saturated rings. The number of amides is 3. The van der Waals surface area contributed by atoms with Crippen LogP contribution in [0.15, 0.2) is 0 Å². The first-order valence-electron chi connectivity index (χ1n) is 23.6. The maximum Gasteiger partial charge on any atom is 0.303 e. The molecule has 0 bridgehead atoms. The van der Waals surface area contributed by atoms with Crippen molar-refractivity contribution in [2.75, 3.05) is 0 Å². The van der Waals surface area contributed by atoms with Crippen molar-refractivity contribution in [3.8, 4) is 0 Å². The van der Waals surface area contributed by atoms with Gasteiger partial charge in [0.15, 0.2) is 0 Å². The molecule has 12 N–H and O–H groups in total. The second kappa shape index (κ2) is 29.9. The topological polar surface area (TPSA) is 423 Å². The summed E-state index contributed by atoms with van der Waals surface area (Å²) in [6, 6.07) is 0. The zero-order chi connectivity index (χ0) is 55.0. The van der Waals surface area contributed by atoms with E-state index in [1.54, 1.807) is 20.8 Å². The Morgan fingerprint density at radius 1 is 0.278 bits per heavy atom. The molecule has 0 aliphatic carbocycles. The van der Waals surface area contributed by atoms with Crippen LogP contribution in [0.2, 0.25) is 0 Å². The summed E-state index contributed by atoms with van der Waals surface area (Å²) in [4.78, 5) is 149. The first-order chi connectivity index (χ1) is 33.6. The molecule has 72 heavy (non-hydrogen) atoms. The highest BCUT2D eigenvalue weighted by atomic mass is 16.4. The Kier molecular flexibility index (Phi) is 26.1. The fourth-order valence-electron chi connectivity index (χ4n) is 9.32. The molecule has 0 spiro atoms. The van der Waals surface area contributed by atoms with E-state index in [9.17, 15) is 103 Å². The van der Waals surface area contributed by atoms with E-state index in [-0.39, 0.29) is 93.7 Å². The molecule has 0 heterocycles. The zero-order valence-corrected chi connectivity index (χ0v) is 40.9. The highest BCUT2D eigenvalue weighted by Crippen LogP contribution is 2.35. The van der Waals surface area contributed by atoms with Gasteiger partial charge in [0.05, 0.1) is 19.3 Å². The van der Waals surface area contributed by atoms with Crippen LogP contribution >= 0.6 is 0 Å². The molecule has 0 atom stereocenters. The molecule has 24 nitrogen and oxygen atoms in total. The van der Waals surface area contributed by atoms with Crippen molar-refractivity contribution in [2.24, 2.45) is 0 Å². The third-order valence-corrected chi connectivity index (χ3v) is 12.8. The van der Waals surface area contributed by atoms with Crippen molar-refractivity contribution in [3.05, 3.63) is 33.4 Å². The van der Waals surface area contributed by atoms with Crippen LogP contribution in [0.3, 0.4) is 0 Å².